The Morgan fingerprint density at radius 1 is 1.14 bits per heavy atom. The van der Waals surface area contributed by atoms with Crippen molar-refractivity contribution in [1.82, 2.24) is 4.98 Å². The molecule has 4 nitrogen and oxygen atoms in total. The second-order valence-electron chi connectivity index (χ2n) is 4.31. The highest BCUT2D eigenvalue weighted by atomic mass is 19.4. The molecule has 0 aliphatic rings. The largest absolute Gasteiger partial charge is 0.472 e. The minimum Gasteiger partial charge on any atom is -0.472 e. The summed E-state index contributed by atoms with van der Waals surface area (Å²) in [6.45, 7) is -0.0957. The van der Waals surface area contributed by atoms with Crippen LogP contribution in [0.1, 0.15) is 21.6 Å². The van der Waals surface area contributed by atoms with Gasteiger partial charge in [-0.05, 0) is 17.7 Å². The number of hydrogen-bond acceptors (Lipinski definition) is 4. The lowest BCUT2D eigenvalue weighted by molar-refractivity contribution is -0.139. The van der Waals surface area contributed by atoms with Crippen molar-refractivity contribution >= 4 is 5.97 Å². The van der Waals surface area contributed by atoms with E-state index >= 15 is 0 Å². The van der Waals surface area contributed by atoms with E-state index in [0.717, 1.165) is 19.2 Å². The monoisotopic (exact) mass is 311 g/mol. The Labute approximate surface area is 124 Å². The number of carbonyl (C=O) groups excluding carboxylic acids is 1. The number of esters is 1. The third-order valence-electron chi connectivity index (χ3n) is 2.78. The molecule has 0 saturated heterocycles. The Morgan fingerprint density at radius 2 is 1.82 bits per heavy atom. The average Bonchev–Trinajstić information content (AvgIpc) is 2.52. The lowest BCUT2D eigenvalue weighted by Crippen LogP contribution is -2.13. The number of halogens is 3. The highest BCUT2D eigenvalue weighted by Crippen LogP contribution is 2.35. The molecule has 0 saturated carbocycles. The second kappa shape index (κ2) is 6.46. The molecule has 7 heteroatoms. The number of alkyl halides is 3. The van der Waals surface area contributed by atoms with E-state index in [4.69, 9.17) is 4.74 Å². The van der Waals surface area contributed by atoms with Gasteiger partial charge >= 0.3 is 12.1 Å². The molecule has 0 spiro atoms. The van der Waals surface area contributed by atoms with Gasteiger partial charge in [-0.15, -0.1) is 0 Å². The summed E-state index contributed by atoms with van der Waals surface area (Å²) < 4.78 is 48.4. The molecule has 1 heterocycles. The molecule has 0 fully saturated rings. The van der Waals surface area contributed by atoms with E-state index in [-0.39, 0.29) is 12.3 Å². The van der Waals surface area contributed by atoms with Gasteiger partial charge in [0, 0.05) is 0 Å². The van der Waals surface area contributed by atoms with Crippen LogP contribution >= 0.6 is 0 Å². The van der Waals surface area contributed by atoms with Crippen LogP contribution in [0.5, 0.6) is 5.88 Å². The molecular weight excluding hydrogens is 299 g/mol. The van der Waals surface area contributed by atoms with Crippen molar-refractivity contribution in [2.45, 2.75) is 12.8 Å². The molecule has 0 aliphatic heterocycles. The number of ether oxygens (including phenoxy) is 2. The van der Waals surface area contributed by atoms with Crippen LogP contribution in [-0.4, -0.2) is 18.1 Å². The maximum Gasteiger partial charge on any atom is 0.421 e. The van der Waals surface area contributed by atoms with Gasteiger partial charge in [0.25, 0.3) is 0 Å². The number of carbonyl (C=O) groups is 1. The molecule has 0 amide bonds. The summed E-state index contributed by atoms with van der Waals surface area (Å²) in [5.74, 6) is -1.49. The fourth-order valence-corrected chi connectivity index (χ4v) is 1.71. The molecule has 1 aromatic heterocycles. The zero-order valence-corrected chi connectivity index (χ0v) is 11.6. The summed E-state index contributed by atoms with van der Waals surface area (Å²) in [7, 11) is 1.12. The van der Waals surface area contributed by atoms with Gasteiger partial charge in [0.05, 0.1) is 7.11 Å². The minimum atomic E-state index is -4.63. The van der Waals surface area contributed by atoms with Crippen LogP contribution in [0.25, 0.3) is 0 Å². The van der Waals surface area contributed by atoms with Crippen LogP contribution in [0.15, 0.2) is 42.5 Å². The van der Waals surface area contributed by atoms with E-state index in [1.807, 2.05) is 0 Å². The topological polar surface area (TPSA) is 48.4 Å². The van der Waals surface area contributed by atoms with Crippen LogP contribution in [0.3, 0.4) is 0 Å². The number of nitrogens with zero attached hydrogens (tertiary/aromatic N) is 1. The molecule has 1 aromatic carbocycles. The van der Waals surface area contributed by atoms with E-state index in [2.05, 4.69) is 9.72 Å². The molecule has 0 unspecified atom stereocenters. The molecular formula is C15H12F3NO3. The van der Waals surface area contributed by atoms with E-state index < -0.39 is 23.6 Å². The first-order chi connectivity index (χ1) is 10.4. The summed E-state index contributed by atoms with van der Waals surface area (Å²) in [5, 5.41) is 0. The SMILES string of the molecule is COC(=O)c1ccc(C(F)(F)F)c(OCc2ccccc2)n1. The van der Waals surface area contributed by atoms with Gasteiger partial charge in [-0.25, -0.2) is 9.78 Å². The first-order valence-electron chi connectivity index (χ1n) is 6.25. The smallest absolute Gasteiger partial charge is 0.421 e. The third kappa shape index (κ3) is 3.75. The Bertz CT molecular complexity index is 657. The fraction of sp³-hybridized carbons (Fsp3) is 0.200. The standard InChI is InChI=1S/C15H12F3NO3/c1-21-14(20)12-8-7-11(15(16,17)18)13(19-12)22-9-10-5-3-2-4-6-10/h2-8H,9H2,1H3. The van der Waals surface area contributed by atoms with Crippen LogP contribution in [0.2, 0.25) is 0 Å². The summed E-state index contributed by atoms with van der Waals surface area (Å²) >= 11 is 0. The van der Waals surface area contributed by atoms with Gasteiger partial charge in [-0.1, -0.05) is 30.3 Å². The maximum absolute atomic E-state index is 13.0. The highest BCUT2D eigenvalue weighted by Gasteiger charge is 2.36. The van der Waals surface area contributed by atoms with Crippen molar-refractivity contribution in [2.24, 2.45) is 0 Å². The molecule has 2 rings (SSSR count). The Hall–Kier alpha value is -2.57. The number of rotatable bonds is 4. The Balaban J connectivity index is 2.31. The van der Waals surface area contributed by atoms with Crippen molar-refractivity contribution in [1.29, 1.82) is 0 Å². The average molecular weight is 311 g/mol. The predicted octanol–water partition coefficient (Wildman–Crippen LogP) is 3.47. The van der Waals surface area contributed by atoms with Crippen LogP contribution in [0, 0.1) is 0 Å². The molecule has 0 aliphatic carbocycles. The minimum absolute atomic E-state index is 0.0957. The lowest BCUT2D eigenvalue weighted by atomic mass is 10.2. The van der Waals surface area contributed by atoms with E-state index in [1.54, 1.807) is 30.3 Å². The maximum atomic E-state index is 13.0. The molecule has 0 bridgehead atoms. The zero-order valence-electron chi connectivity index (χ0n) is 11.6. The normalized spacial score (nSPS) is 11.1. The van der Waals surface area contributed by atoms with Crippen LogP contribution in [-0.2, 0) is 17.5 Å². The van der Waals surface area contributed by atoms with Crippen molar-refractivity contribution in [3.8, 4) is 5.88 Å². The fourth-order valence-electron chi connectivity index (χ4n) is 1.71. The van der Waals surface area contributed by atoms with Crippen LogP contribution in [0.4, 0.5) is 13.2 Å². The van der Waals surface area contributed by atoms with E-state index in [0.29, 0.717) is 5.56 Å². The van der Waals surface area contributed by atoms with Gasteiger partial charge in [-0.3, -0.25) is 0 Å². The quantitative estimate of drug-likeness (QED) is 0.811. The molecule has 22 heavy (non-hydrogen) atoms. The van der Waals surface area contributed by atoms with Gasteiger partial charge in [0.1, 0.15) is 12.2 Å². The first-order valence-corrected chi connectivity index (χ1v) is 6.25. The van der Waals surface area contributed by atoms with Crippen molar-refractivity contribution < 1.29 is 27.4 Å². The summed E-state index contributed by atoms with van der Waals surface area (Å²) in [6.07, 6.45) is -4.63. The number of methoxy groups -OCH3 is 1. The molecule has 116 valence electrons. The summed E-state index contributed by atoms with van der Waals surface area (Å²) in [4.78, 5) is 15.0. The third-order valence-corrected chi connectivity index (χ3v) is 2.78. The first kappa shape index (κ1) is 15.8. The van der Waals surface area contributed by atoms with Gasteiger partial charge in [-0.2, -0.15) is 13.2 Å². The number of pyridine rings is 1. The van der Waals surface area contributed by atoms with E-state index in [1.165, 1.54) is 0 Å². The number of benzene rings is 1. The predicted molar refractivity (Wildman–Crippen MR) is 71.4 cm³/mol. The molecule has 2 aromatic rings. The zero-order chi connectivity index (χ0) is 16.2. The molecule has 0 radical (unpaired) electrons. The summed E-state index contributed by atoms with van der Waals surface area (Å²) in [6, 6.07) is 10.4. The van der Waals surface area contributed by atoms with E-state index in [9.17, 15) is 18.0 Å². The Kier molecular flexibility index (Phi) is 4.65. The van der Waals surface area contributed by atoms with Gasteiger partial charge in [0.2, 0.25) is 5.88 Å². The van der Waals surface area contributed by atoms with Crippen molar-refractivity contribution in [2.75, 3.05) is 7.11 Å². The second-order valence-corrected chi connectivity index (χ2v) is 4.31. The van der Waals surface area contributed by atoms with Crippen LogP contribution < -0.4 is 4.74 Å². The summed E-state index contributed by atoms with van der Waals surface area (Å²) in [5.41, 5.74) is -0.615. The van der Waals surface area contributed by atoms with Crippen molar-refractivity contribution in [3.63, 3.8) is 0 Å². The molecule has 0 atom stereocenters. The Morgan fingerprint density at radius 3 is 2.41 bits per heavy atom. The number of aromatic nitrogens is 1. The lowest BCUT2D eigenvalue weighted by Gasteiger charge is -2.13. The molecule has 0 N–H and O–H groups in total. The van der Waals surface area contributed by atoms with Crippen molar-refractivity contribution in [3.05, 3.63) is 59.3 Å². The number of hydrogen-bond donors (Lipinski definition) is 0. The van der Waals surface area contributed by atoms with Gasteiger partial charge < -0.3 is 9.47 Å². The van der Waals surface area contributed by atoms with Gasteiger partial charge in [0.15, 0.2) is 5.69 Å². The highest BCUT2D eigenvalue weighted by molar-refractivity contribution is 5.87.